The van der Waals surface area contributed by atoms with Crippen LogP contribution in [-0.2, 0) is 0 Å². The molecule has 1 aromatic heterocycles. The lowest BCUT2D eigenvalue weighted by molar-refractivity contribution is -0.385. The third kappa shape index (κ3) is 1.13. The largest absolute Gasteiger partial charge is 0.333 e. The molecule has 0 N–H and O–H groups in total. The van der Waals surface area contributed by atoms with Crippen LogP contribution in [0.2, 0.25) is 0 Å². The molecule has 0 aliphatic heterocycles. The van der Waals surface area contributed by atoms with Crippen molar-refractivity contribution in [2.45, 2.75) is 0 Å². The summed E-state index contributed by atoms with van der Waals surface area (Å²) in [6.07, 6.45) is 0. The molecule has 1 heterocycles. The molecule has 0 aliphatic carbocycles. The monoisotopic (exact) mass is 199 g/mol. The minimum atomic E-state index is -0.884. The van der Waals surface area contributed by atoms with E-state index in [1.54, 1.807) is 0 Å². The van der Waals surface area contributed by atoms with Gasteiger partial charge in [0.15, 0.2) is 5.52 Å². The van der Waals surface area contributed by atoms with Crippen LogP contribution in [0.1, 0.15) is 0 Å². The van der Waals surface area contributed by atoms with Gasteiger partial charge < -0.3 is 0 Å². The molecule has 2 aromatic rings. The predicted octanol–water partition coefficient (Wildman–Crippen LogP) is 1.74. The number of rotatable bonds is 1. The Bertz CT molecular complexity index is 484. The average Bonchev–Trinajstić information content (AvgIpc) is 2.50. The first-order chi connectivity index (χ1) is 6.20. The first kappa shape index (κ1) is 7.99. The molecule has 5 nitrogen and oxygen atoms in total. The van der Waals surface area contributed by atoms with E-state index in [-0.39, 0.29) is 5.52 Å². The van der Waals surface area contributed by atoms with Crippen LogP contribution in [0.15, 0.2) is 12.1 Å². The van der Waals surface area contributed by atoms with Gasteiger partial charge in [-0.25, -0.2) is 0 Å². The highest BCUT2D eigenvalue weighted by atomic mass is 32.1. The maximum Gasteiger partial charge on any atom is 0.333 e. The van der Waals surface area contributed by atoms with Gasteiger partial charge in [0.1, 0.15) is 5.52 Å². The SMILES string of the molecule is O=[N+]([O-])c1c(F)ccc2nsnc12. The number of nitro benzene ring substituents is 1. The van der Waals surface area contributed by atoms with Crippen LogP contribution >= 0.6 is 11.7 Å². The number of benzene rings is 1. The lowest BCUT2D eigenvalue weighted by Gasteiger charge is -1.92. The van der Waals surface area contributed by atoms with Crippen molar-refractivity contribution in [3.05, 3.63) is 28.1 Å². The highest BCUT2D eigenvalue weighted by Crippen LogP contribution is 2.26. The third-order valence-electron chi connectivity index (χ3n) is 1.53. The normalized spacial score (nSPS) is 10.5. The molecule has 0 bridgehead atoms. The molecule has 0 fully saturated rings. The Kier molecular flexibility index (Phi) is 1.66. The van der Waals surface area contributed by atoms with Gasteiger partial charge in [0, 0.05) is 0 Å². The highest BCUT2D eigenvalue weighted by Gasteiger charge is 2.21. The van der Waals surface area contributed by atoms with Gasteiger partial charge in [-0.15, -0.1) is 0 Å². The molecule has 0 saturated carbocycles. The van der Waals surface area contributed by atoms with Crippen LogP contribution in [-0.4, -0.2) is 13.7 Å². The summed E-state index contributed by atoms with van der Waals surface area (Å²) in [6.45, 7) is 0. The van der Waals surface area contributed by atoms with Crippen LogP contribution in [0.25, 0.3) is 11.0 Å². The van der Waals surface area contributed by atoms with Crippen LogP contribution in [0, 0.1) is 15.9 Å². The first-order valence-electron chi connectivity index (χ1n) is 3.25. The first-order valence-corrected chi connectivity index (χ1v) is 3.98. The highest BCUT2D eigenvalue weighted by molar-refractivity contribution is 7.00. The molecular weight excluding hydrogens is 197 g/mol. The fourth-order valence-electron chi connectivity index (χ4n) is 0.987. The summed E-state index contributed by atoms with van der Waals surface area (Å²) < 4.78 is 20.4. The summed E-state index contributed by atoms with van der Waals surface area (Å²) in [4.78, 5) is 9.64. The molecule has 0 spiro atoms. The second-order valence-corrected chi connectivity index (χ2v) is 2.81. The summed E-state index contributed by atoms with van der Waals surface area (Å²) >= 11 is 0.822. The predicted molar refractivity (Wildman–Crippen MR) is 44.0 cm³/mol. The van der Waals surface area contributed by atoms with Gasteiger partial charge in [-0.2, -0.15) is 13.1 Å². The maximum absolute atomic E-state index is 12.9. The minimum absolute atomic E-state index is 0.00926. The molecule has 7 heteroatoms. The zero-order chi connectivity index (χ0) is 9.42. The van der Waals surface area contributed by atoms with Gasteiger partial charge in [0.25, 0.3) is 0 Å². The molecule has 0 atom stereocenters. The summed E-state index contributed by atoms with van der Waals surface area (Å²) in [5.74, 6) is -0.884. The average molecular weight is 199 g/mol. The van der Waals surface area contributed by atoms with E-state index in [4.69, 9.17) is 0 Å². The number of hydrogen-bond acceptors (Lipinski definition) is 5. The molecular formula is C6H2FN3O2S. The standard InChI is InChI=1S/C6H2FN3O2S/c7-3-1-2-4-5(9-13-8-4)6(3)10(11)12/h1-2H. The van der Waals surface area contributed by atoms with E-state index in [1.807, 2.05) is 0 Å². The molecule has 0 aliphatic rings. The second-order valence-electron chi connectivity index (χ2n) is 2.29. The molecule has 0 amide bonds. The molecule has 0 saturated heterocycles. The molecule has 2 rings (SSSR count). The van der Waals surface area contributed by atoms with E-state index in [2.05, 4.69) is 8.75 Å². The Hall–Kier alpha value is -1.63. The van der Waals surface area contributed by atoms with Crippen molar-refractivity contribution in [1.29, 1.82) is 0 Å². The van der Waals surface area contributed by atoms with Gasteiger partial charge in [-0.3, -0.25) is 10.1 Å². The Morgan fingerprint density at radius 3 is 2.92 bits per heavy atom. The Morgan fingerprint density at radius 2 is 2.23 bits per heavy atom. The van der Waals surface area contributed by atoms with Crippen LogP contribution in [0.5, 0.6) is 0 Å². The fourth-order valence-corrected chi connectivity index (χ4v) is 1.52. The van der Waals surface area contributed by atoms with Crippen LogP contribution in [0.3, 0.4) is 0 Å². The fraction of sp³-hybridized carbons (Fsp3) is 0. The van der Waals surface area contributed by atoms with E-state index in [9.17, 15) is 14.5 Å². The Labute approximate surface area is 75.3 Å². The van der Waals surface area contributed by atoms with Gasteiger partial charge in [-0.05, 0) is 12.1 Å². The Balaban J connectivity index is 2.88. The van der Waals surface area contributed by atoms with Crippen LogP contribution in [0.4, 0.5) is 10.1 Å². The third-order valence-corrected chi connectivity index (χ3v) is 2.08. The smallest absolute Gasteiger partial charge is 0.258 e. The van der Waals surface area contributed by atoms with Crippen molar-refractivity contribution in [3.63, 3.8) is 0 Å². The van der Waals surface area contributed by atoms with E-state index in [0.717, 1.165) is 17.8 Å². The molecule has 13 heavy (non-hydrogen) atoms. The van der Waals surface area contributed by atoms with Gasteiger partial charge in [0.05, 0.1) is 16.7 Å². The summed E-state index contributed by atoms with van der Waals surface area (Å²) in [7, 11) is 0. The van der Waals surface area contributed by atoms with Crippen LogP contribution < -0.4 is 0 Å². The molecule has 66 valence electrons. The lowest BCUT2D eigenvalue weighted by Crippen LogP contribution is -1.93. The quantitative estimate of drug-likeness (QED) is 0.518. The lowest BCUT2D eigenvalue weighted by atomic mass is 10.2. The van der Waals surface area contributed by atoms with Gasteiger partial charge in [0.2, 0.25) is 5.82 Å². The van der Waals surface area contributed by atoms with E-state index in [0.29, 0.717) is 5.52 Å². The van der Waals surface area contributed by atoms with Crippen molar-refractivity contribution < 1.29 is 9.31 Å². The van der Waals surface area contributed by atoms with Crippen molar-refractivity contribution in [2.24, 2.45) is 0 Å². The van der Waals surface area contributed by atoms with Crippen molar-refractivity contribution in [1.82, 2.24) is 8.75 Å². The number of fused-ring (bicyclic) bond motifs is 1. The second kappa shape index (κ2) is 2.70. The van der Waals surface area contributed by atoms with Crippen molar-refractivity contribution in [3.8, 4) is 0 Å². The Morgan fingerprint density at radius 1 is 1.46 bits per heavy atom. The number of nitrogens with zero attached hydrogens (tertiary/aromatic N) is 3. The number of aromatic nitrogens is 2. The topological polar surface area (TPSA) is 68.9 Å². The van der Waals surface area contributed by atoms with Gasteiger partial charge in [-0.1, -0.05) is 0 Å². The summed E-state index contributed by atoms with van der Waals surface area (Å²) in [6, 6.07) is 2.38. The van der Waals surface area contributed by atoms with E-state index in [1.165, 1.54) is 6.07 Å². The minimum Gasteiger partial charge on any atom is -0.258 e. The summed E-state index contributed by atoms with van der Waals surface area (Å²) in [5.41, 5.74) is -0.251. The van der Waals surface area contributed by atoms with E-state index < -0.39 is 16.4 Å². The number of hydrogen-bond donors (Lipinski definition) is 0. The van der Waals surface area contributed by atoms with E-state index >= 15 is 0 Å². The molecule has 1 aromatic carbocycles. The van der Waals surface area contributed by atoms with Gasteiger partial charge >= 0.3 is 5.69 Å². The van der Waals surface area contributed by atoms with Crippen molar-refractivity contribution >= 4 is 28.4 Å². The zero-order valence-electron chi connectivity index (χ0n) is 6.10. The number of halogens is 1. The summed E-state index contributed by atoms with van der Waals surface area (Å²) in [5, 5.41) is 10.4. The molecule has 0 unspecified atom stereocenters. The number of nitro groups is 1. The maximum atomic E-state index is 12.9. The van der Waals surface area contributed by atoms with Crippen molar-refractivity contribution in [2.75, 3.05) is 0 Å². The molecule has 0 radical (unpaired) electrons. The zero-order valence-corrected chi connectivity index (χ0v) is 6.92.